The number of hydrogen-bond donors (Lipinski definition) is 1. The van der Waals surface area contributed by atoms with Gasteiger partial charge in [-0.3, -0.25) is 10.1 Å². The van der Waals surface area contributed by atoms with E-state index in [4.69, 9.17) is 20.8 Å². The van der Waals surface area contributed by atoms with Gasteiger partial charge < -0.3 is 13.9 Å². The fourth-order valence-electron chi connectivity index (χ4n) is 1.90. The molecule has 0 radical (unpaired) electrons. The van der Waals surface area contributed by atoms with Gasteiger partial charge in [0.25, 0.3) is 5.91 Å². The van der Waals surface area contributed by atoms with E-state index in [1.54, 1.807) is 32.0 Å². The Morgan fingerprint density at radius 2 is 2.00 bits per heavy atom. The molecule has 1 aromatic carbocycles. The van der Waals surface area contributed by atoms with Gasteiger partial charge in [-0.25, -0.2) is 9.59 Å². The van der Waals surface area contributed by atoms with Crippen LogP contribution in [0.1, 0.15) is 23.0 Å². The van der Waals surface area contributed by atoms with Gasteiger partial charge in [0.2, 0.25) is 5.76 Å². The summed E-state index contributed by atoms with van der Waals surface area (Å²) >= 11 is 5.90. The number of carbonyl (C=O) groups is 3. The SMILES string of the molecule is CCOC(=O)NC(=O)COC(=O)c1oc2ccc(Cl)cc2c1C. The van der Waals surface area contributed by atoms with Gasteiger partial charge in [0.15, 0.2) is 6.61 Å². The molecule has 23 heavy (non-hydrogen) atoms. The van der Waals surface area contributed by atoms with Crippen molar-refractivity contribution in [3.63, 3.8) is 0 Å². The highest BCUT2D eigenvalue weighted by Gasteiger charge is 2.20. The van der Waals surface area contributed by atoms with Gasteiger partial charge in [-0.15, -0.1) is 0 Å². The molecule has 7 nitrogen and oxygen atoms in total. The van der Waals surface area contributed by atoms with E-state index < -0.39 is 24.6 Å². The van der Waals surface area contributed by atoms with E-state index in [1.807, 2.05) is 5.32 Å². The third-order valence-electron chi connectivity index (χ3n) is 2.93. The van der Waals surface area contributed by atoms with E-state index in [9.17, 15) is 14.4 Å². The summed E-state index contributed by atoms with van der Waals surface area (Å²) in [7, 11) is 0. The van der Waals surface area contributed by atoms with Crippen LogP contribution >= 0.6 is 11.6 Å². The number of ether oxygens (including phenoxy) is 2. The summed E-state index contributed by atoms with van der Waals surface area (Å²) in [6, 6.07) is 4.93. The minimum Gasteiger partial charge on any atom is -0.450 e. The number of nitrogens with one attached hydrogen (secondary N) is 1. The Morgan fingerprint density at radius 3 is 2.70 bits per heavy atom. The first kappa shape index (κ1) is 16.8. The number of hydrogen-bond acceptors (Lipinski definition) is 6. The maximum absolute atomic E-state index is 12.0. The van der Waals surface area contributed by atoms with Crippen LogP contribution in [0.2, 0.25) is 5.02 Å². The molecule has 0 aliphatic rings. The number of alkyl carbamates (subject to hydrolysis) is 1. The molecule has 1 aromatic heterocycles. The zero-order valence-electron chi connectivity index (χ0n) is 12.5. The van der Waals surface area contributed by atoms with Gasteiger partial charge in [0.05, 0.1) is 6.61 Å². The molecule has 2 amide bonds. The van der Waals surface area contributed by atoms with E-state index in [-0.39, 0.29) is 12.4 Å². The highest BCUT2D eigenvalue weighted by Crippen LogP contribution is 2.28. The fraction of sp³-hybridized carbons (Fsp3) is 0.267. The lowest BCUT2D eigenvalue weighted by Crippen LogP contribution is -2.34. The van der Waals surface area contributed by atoms with Crippen LogP contribution in [0, 0.1) is 6.92 Å². The molecule has 0 spiro atoms. The van der Waals surface area contributed by atoms with E-state index >= 15 is 0 Å². The van der Waals surface area contributed by atoms with Gasteiger partial charge >= 0.3 is 12.1 Å². The Bertz CT molecular complexity index is 767. The third kappa shape index (κ3) is 4.01. The number of amides is 2. The van der Waals surface area contributed by atoms with E-state index in [1.165, 1.54) is 0 Å². The molecule has 0 bridgehead atoms. The number of aryl methyl sites for hydroxylation is 1. The van der Waals surface area contributed by atoms with E-state index in [0.29, 0.717) is 21.6 Å². The van der Waals surface area contributed by atoms with Crippen molar-refractivity contribution >= 4 is 40.5 Å². The van der Waals surface area contributed by atoms with Crippen molar-refractivity contribution in [2.24, 2.45) is 0 Å². The molecule has 2 rings (SSSR count). The van der Waals surface area contributed by atoms with Gasteiger partial charge in [0.1, 0.15) is 5.58 Å². The first-order chi connectivity index (χ1) is 10.9. The molecular formula is C15H14ClNO6. The number of furan rings is 1. The number of benzene rings is 1. The predicted octanol–water partition coefficient (Wildman–Crippen LogP) is 2.82. The number of carbonyl (C=O) groups excluding carboxylic acids is 3. The van der Waals surface area contributed by atoms with Crippen molar-refractivity contribution in [2.75, 3.05) is 13.2 Å². The van der Waals surface area contributed by atoms with Crippen molar-refractivity contribution in [1.82, 2.24) is 5.32 Å². The van der Waals surface area contributed by atoms with Crippen molar-refractivity contribution in [3.8, 4) is 0 Å². The van der Waals surface area contributed by atoms with Crippen molar-refractivity contribution in [3.05, 3.63) is 34.5 Å². The predicted molar refractivity (Wildman–Crippen MR) is 81.4 cm³/mol. The Balaban J connectivity index is 2.02. The lowest BCUT2D eigenvalue weighted by molar-refractivity contribution is -0.123. The zero-order valence-corrected chi connectivity index (χ0v) is 13.2. The average molecular weight is 340 g/mol. The van der Waals surface area contributed by atoms with Gasteiger partial charge in [-0.1, -0.05) is 11.6 Å². The summed E-state index contributed by atoms with van der Waals surface area (Å²) in [6.45, 7) is 2.77. The molecule has 122 valence electrons. The summed E-state index contributed by atoms with van der Waals surface area (Å²) < 4.78 is 14.8. The first-order valence-electron chi connectivity index (χ1n) is 6.74. The molecule has 0 saturated carbocycles. The second-order valence-electron chi connectivity index (χ2n) is 4.54. The number of halogens is 1. The van der Waals surface area contributed by atoms with Crippen LogP contribution in [0.5, 0.6) is 0 Å². The van der Waals surface area contributed by atoms with E-state index in [0.717, 1.165) is 0 Å². The van der Waals surface area contributed by atoms with Crippen LogP contribution in [0.3, 0.4) is 0 Å². The van der Waals surface area contributed by atoms with Gasteiger partial charge in [-0.2, -0.15) is 0 Å². The molecular weight excluding hydrogens is 326 g/mol. The zero-order chi connectivity index (χ0) is 17.0. The summed E-state index contributed by atoms with van der Waals surface area (Å²) in [6.07, 6.45) is -0.900. The first-order valence-corrected chi connectivity index (χ1v) is 7.12. The van der Waals surface area contributed by atoms with Crippen LogP contribution in [0.25, 0.3) is 11.0 Å². The standard InChI is InChI=1S/C15H14ClNO6/c1-3-21-15(20)17-12(18)7-22-14(19)13-8(2)10-6-9(16)4-5-11(10)23-13/h4-6H,3,7H2,1-2H3,(H,17,18,20). The Hall–Kier alpha value is -2.54. The Morgan fingerprint density at radius 1 is 1.26 bits per heavy atom. The molecule has 1 heterocycles. The molecule has 8 heteroatoms. The quantitative estimate of drug-likeness (QED) is 0.861. The molecule has 0 aliphatic heterocycles. The summed E-state index contributed by atoms with van der Waals surface area (Å²) in [5.74, 6) is -1.63. The van der Waals surface area contributed by atoms with Crippen LogP contribution in [0.15, 0.2) is 22.6 Å². The molecule has 1 N–H and O–H groups in total. The van der Waals surface area contributed by atoms with Gasteiger partial charge in [-0.05, 0) is 32.0 Å². The summed E-state index contributed by atoms with van der Waals surface area (Å²) in [4.78, 5) is 34.5. The van der Waals surface area contributed by atoms with Crippen LogP contribution < -0.4 is 5.32 Å². The maximum Gasteiger partial charge on any atom is 0.413 e. The third-order valence-corrected chi connectivity index (χ3v) is 3.17. The van der Waals surface area contributed by atoms with E-state index in [2.05, 4.69) is 4.74 Å². The molecule has 0 atom stereocenters. The van der Waals surface area contributed by atoms with Crippen molar-refractivity contribution < 1.29 is 28.3 Å². The monoisotopic (exact) mass is 339 g/mol. The Kier molecular flexibility index (Phi) is 5.23. The minimum absolute atomic E-state index is 0.0220. The van der Waals surface area contributed by atoms with Gasteiger partial charge in [0, 0.05) is 16.0 Å². The normalized spacial score (nSPS) is 10.4. The molecule has 0 unspecified atom stereocenters. The van der Waals surface area contributed by atoms with Crippen molar-refractivity contribution in [2.45, 2.75) is 13.8 Å². The highest BCUT2D eigenvalue weighted by atomic mass is 35.5. The number of esters is 1. The molecule has 0 saturated heterocycles. The number of rotatable bonds is 4. The average Bonchev–Trinajstić information content (AvgIpc) is 2.82. The Labute approximate surface area is 136 Å². The smallest absolute Gasteiger partial charge is 0.413 e. The molecule has 0 aliphatic carbocycles. The largest absolute Gasteiger partial charge is 0.450 e. The van der Waals surface area contributed by atoms with Crippen molar-refractivity contribution in [1.29, 1.82) is 0 Å². The lowest BCUT2D eigenvalue weighted by Gasteiger charge is -2.04. The maximum atomic E-state index is 12.0. The van der Waals surface area contributed by atoms with Crippen LogP contribution in [0.4, 0.5) is 4.79 Å². The summed E-state index contributed by atoms with van der Waals surface area (Å²) in [5.41, 5.74) is 1.04. The second kappa shape index (κ2) is 7.15. The lowest BCUT2D eigenvalue weighted by atomic mass is 10.1. The highest BCUT2D eigenvalue weighted by molar-refractivity contribution is 6.31. The fourth-order valence-corrected chi connectivity index (χ4v) is 2.07. The second-order valence-corrected chi connectivity index (χ2v) is 4.98. The number of imide groups is 1. The number of fused-ring (bicyclic) bond motifs is 1. The summed E-state index contributed by atoms with van der Waals surface area (Å²) in [5, 5.41) is 3.10. The minimum atomic E-state index is -0.900. The topological polar surface area (TPSA) is 94.8 Å². The molecule has 2 aromatic rings. The van der Waals surface area contributed by atoms with Crippen LogP contribution in [-0.4, -0.2) is 31.2 Å². The molecule has 0 fully saturated rings. The van der Waals surface area contributed by atoms with Crippen LogP contribution in [-0.2, 0) is 14.3 Å².